The number of phenols is 1. The molecular formula is C32H31F2N7O8S. The molecule has 15 nitrogen and oxygen atoms in total. The molecule has 3 aromatic carbocycles. The molecule has 0 bridgehead atoms. The maximum atomic E-state index is 15.5. The van der Waals surface area contributed by atoms with Crippen molar-refractivity contribution in [3.63, 3.8) is 0 Å². The molecule has 1 atom stereocenters. The van der Waals surface area contributed by atoms with Gasteiger partial charge < -0.3 is 15.3 Å². The SMILES string of the molecule is Cn1c(=O)n(C2CCC(=O)NC2=O)c2cc(F)c(N3CCC(CC(=O)Nc4ccc5c(F)c(N6CC(=O)NS6(=O)=O)c(O)cc5c4)CC3)cc21. The predicted molar refractivity (Wildman–Crippen MR) is 177 cm³/mol. The molecule has 0 radical (unpaired) electrons. The van der Waals surface area contributed by atoms with Crippen LogP contribution >= 0.6 is 0 Å². The van der Waals surface area contributed by atoms with E-state index in [1.165, 1.54) is 40.4 Å². The van der Waals surface area contributed by atoms with E-state index in [9.17, 15) is 37.5 Å². The largest absolute Gasteiger partial charge is 0.506 e. The first-order valence-electron chi connectivity index (χ1n) is 15.8. The predicted octanol–water partition coefficient (Wildman–Crippen LogP) is 1.88. The number of nitrogens with one attached hydrogen (secondary N) is 3. The monoisotopic (exact) mass is 711 g/mol. The number of amides is 4. The molecule has 50 heavy (non-hydrogen) atoms. The highest BCUT2D eigenvalue weighted by Gasteiger charge is 2.38. The molecule has 0 saturated carbocycles. The lowest BCUT2D eigenvalue weighted by Gasteiger charge is -2.33. The van der Waals surface area contributed by atoms with Gasteiger partial charge in [0.1, 0.15) is 29.8 Å². The number of halogens is 2. The first-order valence-corrected chi connectivity index (χ1v) is 17.2. The first-order chi connectivity index (χ1) is 23.7. The Balaban J connectivity index is 1.01. The van der Waals surface area contributed by atoms with Gasteiger partial charge in [0.2, 0.25) is 17.7 Å². The van der Waals surface area contributed by atoms with Gasteiger partial charge in [-0.2, -0.15) is 8.42 Å². The Morgan fingerprint density at radius 3 is 2.42 bits per heavy atom. The molecule has 4 amide bonds. The summed E-state index contributed by atoms with van der Waals surface area (Å²) in [5, 5.41) is 15.6. The minimum atomic E-state index is -4.36. The van der Waals surface area contributed by atoms with E-state index in [4.69, 9.17) is 0 Å². The number of imide groups is 1. The Morgan fingerprint density at radius 2 is 1.74 bits per heavy atom. The zero-order chi connectivity index (χ0) is 35.6. The van der Waals surface area contributed by atoms with Gasteiger partial charge in [0.25, 0.3) is 5.91 Å². The number of anilines is 3. The number of piperidine rings is 2. The topological polar surface area (TPSA) is 192 Å². The van der Waals surface area contributed by atoms with Gasteiger partial charge in [-0.3, -0.25) is 33.6 Å². The summed E-state index contributed by atoms with van der Waals surface area (Å²) in [6, 6.07) is 7.23. The van der Waals surface area contributed by atoms with Crippen molar-refractivity contribution in [3.8, 4) is 5.75 Å². The third-order valence-corrected chi connectivity index (χ3v) is 10.9. The zero-order valence-electron chi connectivity index (χ0n) is 26.5. The van der Waals surface area contributed by atoms with E-state index in [2.05, 4.69) is 10.6 Å². The normalized spacial score (nSPS) is 19.7. The van der Waals surface area contributed by atoms with E-state index in [0.29, 0.717) is 41.4 Å². The number of rotatable bonds is 6. The molecule has 3 aliphatic rings. The Labute approximate surface area is 282 Å². The Bertz CT molecular complexity index is 2310. The standard InChI is InChI=1S/C32H31F2N7O8S/c1-38-23-14-22(20(33)13-24(23)41(32(38)47)21-4-5-26(43)36-31(21)46)39-8-6-16(7-9-39)10-27(44)35-18-2-3-19-17(11-18)12-25(42)30(29(19)34)40-15-28(45)37-50(40,48)49/h2-3,11-14,16,21,42H,4-10,15H2,1H3,(H,35,44)(H,37,45)(H,36,43,46). The minimum absolute atomic E-state index is 0.0285. The van der Waals surface area contributed by atoms with Crippen molar-refractivity contribution >= 4 is 72.7 Å². The number of imidazole rings is 1. The van der Waals surface area contributed by atoms with Crippen LogP contribution in [0.5, 0.6) is 5.75 Å². The smallest absolute Gasteiger partial charge is 0.329 e. The van der Waals surface area contributed by atoms with Gasteiger partial charge >= 0.3 is 15.9 Å². The fraction of sp³-hybridized carbons (Fsp3) is 0.344. The van der Waals surface area contributed by atoms with Gasteiger partial charge in [-0.1, -0.05) is 0 Å². The van der Waals surface area contributed by atoms with Crippen molar-refractivity contribution in [1.82, 2.24) is 19.2 Å². The summed E-state index contributed by atoms with van der Waals surface area (Å²) in [7, 11) is -2.82. The van der Waals surface area contributed by atoms with E-state index < -0.39 is 69.3 Å². The fourth-order valence-electron chi connectivity index (χ4n) is 6.99. The minimum Gasteiger partial charge on any atom is -0.506 e. The second-order valence-corrected chi connectivity index (χ2v) is 14.3. The highest BCUT2D eigenvalue weighted by atomic mass is 32.2. The van der Waals surface area contributed by atoms with E-state index in [1.54, 1.807) is 10.8 Å². The molecule has 3 fully saturated rings. The number of hydrogen-bond donors (Lipinski definition) is 4. The third kappa shape index (κ3) is 5.68. The average molecular weight is 712 g/mol. The molecule has 1 unspecified atom stereocenters. The molecule has 4 heterocycles. The number of nitrogens with zero attached hydrogens (tertiary/aromatic N) is 4. The number of carbonyl (C=O) groups is 4. The Kier molecular flexibility index (Phi) is 7.99. The summed E-state index contributed by atoms with van der Waals surface area (Å²) >= 11 is 0. The molecule has 262 valence electrons. The maximum absolute atomic E-state index is 15.5. The van der Waals surface area contributed by atoms with Crippen LogP contribution in [-0.4, -0.2) is 65.9 Å². The van der Waals surface area contributed by atoms with E-state index in [-0.39, 0.29) is 53.1 Å². The molecule has 7 rings (SSSR count). The molecule has 4 aromatic rings. The molecule has 18 heteroatoms. The fourth-order valence-corrected chi connectivity index (χ4v) is 8.16. The molecule has 3 saturated heterocycles. The second kappa shape index (κ2) is 12.1. The highest BCUT2D eigenvalue weighted by molar-refractivity contribution is 7.92. The van der Waals surface area contributed by atoms with Gasteiger partial charge in [0.05, 0.1) is 16.7 Å². The number of aromatic hydroxyl groups is 1. The molecular weight excluding hydrogens is 680 g/mol. The summed E-state index contributed by atoms with van der Waals surface area (Å²) in [6.07, 6.45) is 1.49. The summed E-state index contributed by atoms with van der Waals surface area (Å²) in [4.78, 5) is 63.6. The van der Waals surface area contributed by atoms with Gasteiger partial charge in [-0.15, -0.1) is 0 Å². The van der Waals surface area contributed by atoms with Crippen molar-refractivity contribution < 1.29 is 41.5 Å². The second-order valence-electron chi connectivity index (χ2n) is 12.7. The number of phenolic OH excluding ortho intramolecular Hbond substituents is 1. The number of fused-ring (bicyclic) bond motifs is 2. The van der Waals surface area contributed by atoms with Crippen LogP contribution in [0.2, 0.25) is 0 Å². The third-order valence-electron chi connectivity index (χ3n) is 9.49. The van der Waals surface area contributed by atoms with Crippen LogP contribution in [-0.2, 0) is 36.4 Å². The van der Waals surface area contributed by atoms with Crippen LogP contribution in [0.15, 0.2) is 41.2 Å². The molecule has 1 aromatic heterocycles. The van der Waals surface area contributed by atoms with Crippen molar-refractivity contribution in [1.29, 1.82) is 0 Å². The van der Waals surface area contributed by atoms with Gasteiger partial charge in [-0.05, 0) is 60.9 Å². The zero-order valence-corrected chi connectivity index (χ0v) is 27.4. The van der Waals surface area contributed by atoms with Crippen LogP contribution in [0.1, 0.15) is 38.1 Å². The van der Waals surface area contributed by atoms with Gasteiger partial charge in [0.15, 0.2) is 5.82 Å². The van der Waals surface area contributed by atoms with Crippen molar-refractivity contribution in [3.05, 3.63) is 58.5 Å². The Hall–Kier alpha value is -5.52. The van der Waals surface area contributed by atoms with Crippen molar-refractivity contribution in [2.24, 2.45) is 13.0 Å². The van der Waals surface area contributed by atoms with Crippen LogP contribution in [0.4, 0.5) is 25.8 Å². The number of aryl methyl sites for hydroxylation is 1. The highest BCUT2D eigenvalue weighted by Crippen LogP contribution is 2.39. The van der Waals surface area contributed by atoms with E-state index in [0.717, 1.165) is 6.07 Å². The van der Waals surface area contributed by atoms with Crippen LogP contribution < -0.4 is 30.3 Å². The number of aromatic nitrogens is 2. The number of carbonyl (C=O) groups excluding carboxylic acids is 4. The van der Waals surface area contributed by atoms with Gasteiger partial charge in [-0.25, -0.2) is 22.6 Å². The quantitative estimate of drug-likeness (QED) is 0.216. The van der Waals surface area contributed by atoms with Crippen molar-refractivity contribution in [2.75, 3.05) is 34.2 Å². The van der Waals surface area contributed by atoms with Gasteiger partial charge in [0, 0.05) is 50.1 Å². The lowest BCUT2D eigenvalue weighted by atomic mass is 9.92. The summed E-state index contributed by atoms with van der Waals surface area (Å²) < 4.78 is 60.1. The Morgan fingerprint density at radius 1 is 1.00 bits per heavy atom. The van der Waals surface area contributed by atoms with E-state index in [1.807, 2.05) is 4.90 Å². The average Bonchev–Trinajstić information content (AvgIpc) is 3.45. The summed E-state index contributed by atoms with van der Waals surface area (Å²) in [5.74, 6) is -4.55. The number of benzene rings is 3. The van der Waals surface area contributed by atoms with Crippen LogP contribution in [0.25, 0.3) is 21.8 Å². The van der Waals surface area contributed by atoms with E-state index >= 15 is 8.78 Å². The van der Waals surface area contributed by atoms with Crippen LogP contribution in [0.3, 0.4) is 0 Å². The lowest BCUT2D eigenvalue weighted by molar-refractivity contribution is -0.135. The molecule has 3 aliphatic heterocycles. The number of hydrogen-bond acceptors (Lipinski definition) is 9. The molecule has 0 aliphatic carbocycles. The van der Waals surface area contributed by atoms with Crippen LogP contribution in [0, 0.1) is 17.6 Å². The summed E-state index contributed by atoms with van der Waals surface area (Å²) in [6.45, 7) is 0.191. The lowest BCUT2D eigenvalue weighted by Crippen LogP contribution is -2.44. The summed E-state index contributed by atoms with van der Waals surface area (Å²) in [5.41, 5.74) is 0.139. The van der Waals surface area contributed by atoms with Crippen molar-refractivity contribution in [2.45, 2.75) is 38.1 Å². The first kappa shape index (κ1) is 33.0. The maximum Gasteiger partial charge on any atom is 0.329 e. The molecule has 0 spiro atoms. The molecule has 4 N–H and O–H groups in total.